The number of carboxylic acid groups (broad SMARTS) is 1. The molecule has 0 bridgehead atoms. The average molecular weight is 479 g/mol. The molecule has 0 unspecified atom stereocenters. The van der Waals surface area contributed by atoms with Crippen LogP contribution in [-0.4, -0.2) is 57.2 Å². The fourth-order valence-corrected chi connectivity index (χ4v) is 4.04. The molecule has 1 atom stereocenters. The van der Waals surface area contributed by atoms with Crippen LogP contribution in [-0.2, 0) is 19.9 Å². The Hall–Kier alpha value is -4.18. The molecule has 0 radical (unpaired) electrons. The van der Waals surface area contributed by atoms with Gasteiger partial charge in [0, 0.05) is 12.1 Å². The Morgan fingerprint density at radius 1 is 1.09 bits per heavy atom. The second kappa shape index (κ2) is 9.59. The molecule has 1 aliphatic carbocycles. The number of hydrogen-bond acceptors (Lipinski definition) is 6. The number of hydrogen-bond donors (Lipinski definition) is 4. The van der Waals surface area contributed by atoms with Crippen molar-refractivity contribution in [2.24, 2.45) is 0 Å². The van der Waals surface area contributed by atoms with Gasteiger partial charge in [-0.2, -0.15) is 5.10 Å². The van der Waals surface area contributed by atoms with Gasteiger partial charge in [0.25, 0.3) is 0 Å². The number of aromatic nitrogens is 2. The minimum atomic E-state index is -1.71. The number of ether oxygens (including phenoxy) is 1. The van der Waals surface area contributed by atoms with Crippen molar-refractivity contribution < 1.29 is 29.3 Å². The van der Waals surface area contributed by atoms with E-state index in [1.165, 1.54) is 17.1 Å². The van der Waals surface area contributed by atoms with Crippen LogP contribution in [0.1, 0.15) is 30.9 Å². The zero-order valence-corrected chi connectivity index (χ0v) is 19.3. The normalized spacial score (nSPS) is 13.5. The van der Waals surface area contributed by atoms with Gasteiger partial charge < -0.3 is 20.3 Å². The lowest BCUT2D eigenvalue weighted by Crippen LogP contribution is -2.47. The van der Waals surface area contributed by atoms with Gasteiger partial charge in [-0.05, 0) is 36.1 Å². The average Bonchev–Trinajstić information content (AvgIpc) is 3.44. The van der Waals surface area contributed by atoms with Crippen LogP contribution in [0.15, 0.2) is 60.9 Å². The number of amides is 2. The quantitative estimate of drug-likeness (QED) is 0.390. The molecule has 0 spiro atoms. The fraction of sp³-hybridized carbons (Fsp3) is 0.280. The Bertz CT molecular complexity index is 1220. The molecule has 182 valence electrons. The summed E-state index contributed by atoms with van der Waals surface area (Å²) in [6.45, 7) is 2.86. The van der Waals surface area contributed by atoms with E-state index in [1.807, 2.05) is 36.4 Å². The molecule has 4 rings (SSSR count). The summed E-state index contributed by atoms with van der Waals surface area (Å²) in [6.07, 6.45) is 0.480. The maximum Gasteiger partial charge on any atom is 0.411 e. The van der Waals surface area contributed by atoms with Gasteiger partial charge in [0.2, 0.25) is 5.91 Å². The Balaban J connectivity index is 1.37. The molecule has 0 aliphatic heterocycles. The molecule has 35 heavy (non-hydrogen) atoms. The first kappa shape index (κ1) is 24.0. The maximum absolute atomic E-state index is 12.5. The van der Waals surface area contributed by atoms with Gasteiger partial charge in [-0.1, -0.05) is 48.5 Å². The van der Waals surface area contributed by atoms with Gasteiger partial charge in [0.05, 0.1) is 18.4 Å². The zero-order chi connectivity index (χ0) is 25.2. The Kier molecular flexibility index (Phi) is 6.57. The second-order valence-electron chi connectivity index (χ2n) is 8.75. The molecule has 10 heteroatoms. The largest absolute Gasteiger partial charge is 0.479 e. The molecule has 2 aromatic carbocycles. The molecule has 1 heterocycles. The van der Waals surface area contributed by atoms with Crippen molar-refractivity contribution in [2.45, 2.75) is 31.4 Å². The van der Waals surface area contributed by atoms with E-state index in [0.29, 0.717) is 5.69 Å². The summed E-state index contributed by atoms with van der Waals surface area (Å²) < 4.78 is 6.85. The number of benzene rings is 2. The monoisotopic (exact) mass is 478 g/mol. The lowest BCUT2D eigenvalue weighted by molar-refractivity contribution is -0.146. The topological polar surface area (TPSA) is 143 Å². The molecule has 1 aromatic heterocycles. The van der Waals surface area contributed by atoms with E-state index in [2.05, 4.69) is 27.9 Å². The van der Waals surface area contributed by atoms with Gasteiger partial charge in [-0.25, -0.2) is 9.59 Å². The summed E-state index contributed by atoms with van der Waals surface area (Å²) in [4.78, 5) is 35.7. The number of carbonyl (C=O) groups excluding carboxylic acids is 2. The zero-order valence-electron chi connectivity index (χ0n) is 19.3. The lowest BCUT2D eigenvalue weighted by atomic mass is 9.98. The smallest absolute Gasteiger partial charge is 0.411 e. The molecule has 0 fully saturated rings. The lowest BCUT2D eigenvalue weighted by Gasteiger charge is -2.24. The van der Waals surface area contributed by atoms with E-state index >= 15 is 0 Å². The number of rotatable bonds is 8. The van der Waals surface area contributed by atoms with Gasteiger partial charge in [-0.15, -0.1) is 0 Å². The first-order valence-electron chi connectivity index (χ1n) is 11.0. The second-order valence-corrected chi connectivity index (χ2v) is 8.75. The van der Waals surface area contributed by atoms with Crippen LogP contribution in [0.4, 0.5) is 10.5 Å². The SMILES string of the molecule is CC(C)(C(=O)NC[C@H](O)C(=O)O)n1cc(NC(=O)OCC2c3ccccc3-c3ccccc32)cn1. The Morgan fingerprint density at radius 2 is 1.69 bits per heavy atom. The minimum Gasteiger partial charge on any atom is -0.479 e. The van der Waals surface area contributed by atoms with Crippen LogP contribution < -0.4 is 10.6 Å². The number of carboxylic acids is 1. The highest BCUT2D eigenvalue weighted by Crippen LogP contribution is 2.44. The number of aliphatic hydroxyl groups is 1. The van der Waals surface area contributed by atoms with Crippen molar-refractivity contribution in [2.75, 3.05) is 18.5 Å². The van der Waals surface area contributed by atoms with Crippen LogP contribution in [0, 0.1) is 0 Å². The van der Waals surface area contributed by atoms with Crippen molar-refractivity contribution in [1.82, 2.24) is 15.1 Å². The van der Waals surface area contributed by atoms with Crippen molar-refractivity contribution in [3.63, 3.8) is 0 Å². The van der Waals surface area contributed by atoms with E-state index < -0.39 is 36.2 Å². The number of anilines is 1. The van der Waals surface area contributed by atoms with Crippen LogP contribution in [0.3, 0.4) is 0 Å². The van der Waals surface area contributed by atoms with Crippen molar-refractivity contribution >= 4 is 23.7 Å². The summed E-state index contributed by atoms with van der Waals surface area (Å²) in [5.74, 6) is -2.05. The molecular weight excluding hydrogens is 452 g/mol. The molecular formula is C25H26N4O6. The maximum atomic E-state index is 12.5. The van der Waals surface area contributed by atoms with E-state index in [4.69, 9.17) is 9.84 Å². The van der Waals surface area contributed by atoms with Crippen molar-refractivity contribution in [3.05, 3.63) is 72.1 Å². The van der Waals surface area contributed by atoms with E-state index in [0.717, 1.165) is 22.3 Å². The number of carbonyl (C=O) groups is 3. The Labute approximate surface area is 201 Å². The molecule has 10 nitrogen and oxygen atoms in total. The molecule has 0 saturated heterocycles. The summed E-state index contributed by atoms with van der Waals surface area (Å²) in [5, 5.41) is 27.2. The van der Waals surface area contributed by atoms with Crippen molar-refractivity contribution in [1.29, 1.82) is 0 Å². The Morgan fingerprint density at radius 3 is 2.29 bits per heavy atom. The van der Waals surface area contributed by atoms with Gasteiger partial charge in [-0.3, -0.25) is 14.8 Å². The highest BCUT2D eigenvalue weighted by molar-refractivity contribution is 5.86. The molecule has 2 amide bonds. The summed E-state index contributed by atoms with van der Waals surface area (Å²) in [6, 6.07) is 16.1. The molecule has 0 saturated carbocycles. The third-order valence-electron chi connectivity index (χ3n) is 6.04. The first-order valence-corrected chi connectivity index (χ1v) is 11.0. The summed E-state index contributed by atoms with van der Waals surface area (Å²) in [5.41, 5.74) is 3.60. The number of nitrogens with zero attached hydrogens (tertiary/aromatic N) is 2. The summed E-state index contributed by atoms with van der Waals surface area (Å²) in [7, 11) is 0. The highest BCUT2D eigenvalue weighted by atomic mass is 16.5. The van der Waals surface area contributed by atoms with Crippen LogP contribution in [0.2, 0.25) is 0 Å². The van der Waals surface area contributed by atoms with E-state index in [1.54, 1.807) is 13.8 Å². The van der Waals surface area contributed by atoms with E-state index in [9.17, 15) is 19.5 Å². The van der Waals surface area contributed by atoms with Gasteiger partial charge in [0.1, 0.15) is 12.1 Å². The minimum absolute atomic E-state index is 0.0698. The molecule has 3 aromatic rings. The standard InChI is InChI=1S/C25H26N4O6/c1-25(2,23(33)26-12-21(30)22(31)32)29-13-15(11-27-29)28-24(34)35-14-20-18-9-5-3-7-16(18)17-8-4-6-10-19(17)20/h3-11,13,20-21,30H,12,14H2,1-2H3,(H,26,33)(H,28,34)(H,31,32)/t21-/m0/s1. The van der Waals surface area contributed by atoms with Gasteiger partial charge in [0.15, 0.2) is 6.10 Å². The number of aliphatic hydroxyl groups excluding tert-OH is 1. The van der Waals surface area contributed by atoms with Crippen LogP contribution >= 0.6 is 0 Å². The van der Waals surface area contributed by atoms with Crippen LogP contribution in [0.25, 0.3) is 11.1 Å². The highest BCUT2D eigenvalue weighted by Gasteiger charge is 2.32. The fourth-order valence-electron chi connectivity index (χ4n) is 4.04. The molecule has 1 aliphatic rings. The predicted octanol–water partition coefficient (Wildman–Crippen LogP) is 2.54. The number of aliphatic carboxylic acids is 1. The number of fused-ring (bicyclic) bond motifs is 3. The summed E-state index contributed by atoms with van der Waals surface area (Å²) >= 11 is 0. The number of nitrogens with one attached hydrogen (secondary N) is 2. The third-order valence-corrected chi connectivity index (χ3v) is 6.04. The van der Waals surface area contributed by atoms with Crippen LogP contribution in [0.5, 0.6) is 0 Å². The van der Waals surface area contributed by atoms with E-state index in [-0.39, 0.29) is 12.5 Å². The first-order chi connectivity index (χ1) is 16.7. The van der Waals surface area contributed by atoms with Crippen molar-refractivity contribution in [3.8, 4) is 11.1 Å². The third kappa shape index (κ3) is 4.87. The molecule has 4 N–H and O–H groups in total. The van der Waals surface area contributed by atoms with Gasteiger partial charge >= 0.3 is 12.1 Å². The predicted molar refractivity (Wildman–Crippen MR) is 127 cm³/mol.